The summed E-state index contributed by atoms with van der Waals surface area (Å²) in [7, 11) is 0. The van der Waals surface area contributed by atoms with Crippen LogP contribution in [0.1, 0.15) is 0 Å². The van der Waals surface area contributed by atoms with Crippen LogP contribution in [0.25, 0.3) is 161 Å². The molecule has 16 rings (SSSR count). The minimum absolute atomic E-state index is 0.579. The standard InChI is InChI=1S/C81H52N4O/c1-3-19-53(20-4-1)57-23-13-25-59(45-57)60-26-15-30-64(47-60)80-82-79(83-81(84-80)65-31-16-27-61(48-65)63-29-17-32-69(52-63)85-75-38-10-7-33-71(75)72-34-8-11-39-76(72)85)56-43-41-55(42-44-56)66-49-67(62-28-14-24-58(46-62)54-21-5-2-6-22-54)51-68(50-66)70-36-18-37-74-73-35-9-12-40-77(73)86-78(70)74/h1-52H. The van der Waals surface area contributed by atoms with E-state index in [0.717, 1.165) is 111 Å². The Morgan fingerprint density at radius 1 is 0.221 bits per heavy atom. The Morgan fingerprint density at radius 2 is 0.570 bits per heavy atom. The third-order valence-corrected chi connectivity index (χ3v) is 16.6. The molecule has 0 spiro atoms. The highest BCUT2D eigenvalue weighted by Gasteiger charge is 2.19. The SMILES string of the molecule is c1ccc(-c2cccc(-c3cccc(-c4nc(-c5ccc(-c6cc(-c7cccc(-c8ccccc8)c7)cc(-c7cccc8c7oc7ccccc78)c6)cc5)nc(-c5cccc(-c6cccc(-n7c8ccccc8c8ccccc87)c6)c5)n4)c3)c2)cc1. The van der Waals surface area contributed by atoms with Crippen molar-refractivity contribution < 1.29 is 4.42 Å². The maximum absolute atomic E-state index is 6.66. The summed E-state index contributed by atoms with van der Waals surface area (Å²) in [6.45, 7) is 0. The van der Waals surface area contributed by atoms with E-state index in [-0.39, 0.29) is 0 Å². The van der Waals surface area contributed by atoms with Gasteiger partial charge in [0.1, 0.15) is 11.2 Å². The second-order valence-electron chi connectivity index (χ2n) is 21.9. The number of aromatic nitrogens is 4. The molecule has 5 nitrogen and oxygen atoms in total. The fourth-order valence-corrected chi connectivity index (χ4v) is 12.4. The van der Waals surface area contributed by atoms with E-state index in [4.69, 9.17) is 19.4 Å². The smallest absolute Gasteiger partial charge is 0.164 e. The highest BCUT2D eigenvalue weighted by molar-refractivity contribution is 6.11. The number of para-hydroxylation sites is 4. The van der Waals surface area contributed by atoms with Crippen molar-refractivity contribution >= 4 is 43.7 Å². The minimum atomic E-state index is 0.579. The molecule has 402 valence electrons. The maximum atomic E-state index is 6.66. The quantitative estimate of drug-likeness (QED) is 0.130. The van der Waals surface area contributed by atoms with Crippen LogP contribution >= 0.6 is 0 Å². The molecule has 0 amide bonds. The molecule has 0 aliphatic heterocycles. The van der Waals surface area contributed by atoms with Gasteiger partial charge in [-0.1, -0.05) is 243 Å². The Hall–Kier alpha value is -11.5. The maximum Gasteiger partial charge on any atom is 0.164 e. The highest BCUT2D eigenvalue weighted by Crippen LogP contribution is 2.41. The lowest BCUT2D eigenvalue weighted by Gasteiger charge is -2.14. The van der Waals surface area contributed by atoms with Crippen molar-refractivity contribution in [1.82, 2.24) is 19.5 Å². The van der Waals surface area contributed by atoms with Gasteiger partial charge in [0.2, 0.25) is 0 Å². The second kappa shape index (κ2) is 21.3. The molecule has 86 heavy (non-hydrogen) atoms. The summed E-state index contributed by atoms with van der Waals surface area (Å²) >= 11 is 0. The van der Waals surface area contributed by atoms with Gasteiger partial charge >= 0.3 is 0 Å². The van der Waals surface area contributed by atoms with Gasteiger partial charge in [-0.05, 0) is 145 Å². The third kappa shape index (κ3) is 9.30. The molecule has 0 aliphatic carbocycles. The first-order chi connectivity index (χ1) is 42.6. The Labute approximate surface area is 498 Å². The van der Waals surface area contributed by atoms with Crippen molar-refractivity contribution in [3.63, 3.8) is 0 Å². The summed E-state index contributed by atoms with van der Waals surface area (Å²) in [5.41, 5.74) is 23.3. The van der Waals surface area contributed by atoms with Crippen molar-refractivity contribution in [1.29, 1.82) is 0 Å². The van der Waals surface area contributed by atoms with Crippen LogP contribution < -0.4 is 0 Å². The summed E-state index contributed by atoms with van der Waals surface area (Å²) < 4.78 is 9.02. The molecule has 0 saturated carbocycles. The lowest BCUT2D eigenvalue weighted by Crippen LogP contribution is -2.00. The zero-order chi connectivity index (χ0) is 56.9. The molecule has 0 saturated heterocycles. The Balaban J connectivity index is 0.812. The van der Waals surface area contributed by atoms with Gasteiger partial charge in [0.25, 0.3) is 0 Å². The summed E-state index contributed by atoms with van der Waals surface area (Å²) in [5.74, 6) is 1.75. The number of furan rings is 1. The molecule has 5 heteroatoms. The first-order valence-corrected chi connectivity index (χ1v) is 29.1. The first kappa shape index (κ1) is 50.2. The predicted octanol–water partition coefficient (Wildman–Crippen LogP) is 21.5. The molecular weight excluding hydrogens is 1040 g/mol. The Morgan fingerprint density at radius 3 is 1.14 bits per heavy atom. The van der Waals surface area contributed by atoms with Crippen LogP contribution in [0.5, 0.6) is 0 Å². The summed E-state index contributed by atoms with van der Waals surface area (Å²) in [5, 5.41) is 4.66. The molecule has 3 heterocycles. The van der Waals surface area contributed by atoms with Crippen molar-refractivity contribution in [2.75, 3.05) is 0 Å². The Bertz CT molecular complexity index is 5180. The summed E-state index contributed by atoms with van der Waals surface area (Å²) in [6, 6.07) is 112. The zero-order valence-corrected chi connectivity index (χ0v) is 46.7. The fourth-order valence-electron chi connectivity index (χ4n) is 12.4. The van der Waals surface area contributed by atoms with E-state index in [1.807, 2.05) is 12.1 Å². The average molecular weight is 1100 g/mol. The molecule has 0 unspecified atom stereocenters. The van der Waals surface area contributed by atoms with Crippen LogP contribution in [-0.4, -0.2) is 19.5 Å². The molecule has 0 atom stereocenters. The average Bonchev–Trinajstić information content (AvgIpc) is 2.00. The zero-order valence-electron chi connectivity index (χ0n) is 46.7. The van der Waals surface area contributed by atoms with E-state index in [2.05, 4.69) is 308 Å². The van der Waals surface area contributed by atoms with E-state index in [1.165, 1.54) is 32.9 Å². The summed E-state index contributed by atoms with van der Waals surface area (Å²) in [4.78, 5) is 16.0. The van der Waals surface area contributed by atoms with Gasteiger partial charge < -0.3 is 8.98 Å². The first-order valence-electron chi connectivity index (χ1n) is 29.1. The largest absolute Gasteiger partial charge is 0.455 e. The highest BCUT2D eigenvalue weighted by atomic mass is 16.3. The molecule has 13 aromatic carbocycles. The van der Waals surface area contributed by atoms with E-state index < -0.39 is 0 Å². The van der Waals surface area contributed by atoms with Crippen molar-refractivity contribution in [3.05, 3.63) is 315 Å². The number of nitrogens with zero attached hydrogens (tertiary/aromatic N) is 4. The van der Waals surface area contributed by atoms with Crippen LogP contribution in [-0.2, 0) is 0 Å². The lowest BCUT2D eigenvalue weighted by molar-refractivity contribution is 0.670. The van der Waals surface area contributed by atoms with Gasteiger partial charge in [0.15, 0.2) is 17.5 Å². The van der Waals surface area contributed by atoms with Gasteiger partial charge in [-0.25, -0.2) is 15.0 Å². The molecule has 3 aromatic heterocycles. The van der Waals surface area contributed by atoms with Crippen LogP contribution in [0.4, 0.5) is 0 Å². The van der Waals surface area contributed by atoms with Crippen LogP contribution in [0.2, 0.25) is 0 Å². The van der Waals surface area contributed by atoms with E-state index in [1.54, 1.807) is 0 Å². The number of hydrogen-bond acceptors (Lipinski definition) is 4. The lowest BCUT2D eigenvalue weighted by atomic mass is 9.91. The number of benzene rings is 13. The second-order valence-corrected chi connectivity index (χ2v) is 21.9. The normalized spacial score (nSPS) is 11.5. The van der Waals surface area contributed by atoms with Crippen molar-refractivity contribution in [2.45, 2.75) is 0 Å². The third-order valence-electron chi connectivity index (χ3n) is 16.6. The van der Waals surface area contributed by atoms with Gasteiger partial charge in [0.05, 0.1) is 11.0 Å². The number of hydrogen-bond donors (Lipinski definition) is 0. The summed E-state index contributed by atoms with van der Waals surface area (Å²) in [6.07, 6.45) is 0. The van der Waals surface area contributed by atoms with Gasteiger partial charge in [-0.15, -0.1) is 0 Å². The van der Waals surface area contributed by atoms with Gasteiger partial charge in [0, 0.05) is 49.5 Å². The number of rotatable bonds is 11. The predicted molar refractivity (Wildman–Crippen MR) is 356 cm³/mol. The monoisotopic (exact) mass is 1100 g/mol. The van der Waals surface area contributed by atoms with E-state index >= 15 is 0 Å². The molecule has 0 bridgehead atoms. The molecule has 0 aliphatic rings. The molecular formula is C81H52N4O. The van der Waals surface area contributed by atoms with Crippen molar-refractivity contribution in [3.8, 4) is 118 Å². The van der Waals surface area contributed by atoms with Gasteiger partial charge in [-0.3, -0.25) is 0 Å². The van der Waals surface area contributed by atoms with Crippen LogP contribution in [0.3, 0.4) is 0 Å². The van der Waals surface area contributed by atoms with Crippen molar-refractivity contribution in [2.24, 2.45) is 0 Å². The van der Waals surface area contributed by atoms with E-state index in [9.17, 15) is 0 Å². The number of fused-ring (bicyclic) bond motifs is 6. The topological polar surface area (TPSA) is 56.7 Å². The van der Waals surface area contributed by atoms with Crippen LogP contribution in [0.15, 0.2) is 320 Å². The minimum Gasteiger partial charge on any atom is -0.455 e. The van der Waals surface area contributed by atoms with Gasteiger partial charge in [-0.2, -0.15) is 0 Å². The van der Waals surface area contributed by atoms with Crippen LogP contribution in [0, 0.1) is 0 Å². The molecule has 0 N–H and O–H groups in total. The fraction of sp³-hybridized carbons (Fsp3) is 0. The Kier molecular flexibility index (Phi) is 12.5. The molecule has 0 fully saturated rings. The van der Waals surface area contributed by atoms with E-state index in [0.29, 0.717) is 17.5 Å². The molecule has 0 radical (unpaired) electrons. The molecule has 16 aromatic rings.